The van der Waals surface area contributed by atoms with Crippen molar-refractivity contribution in [3.63, 3.8) is 0 Å². The summed E-state index contributed by atoms with van der Waals surface area (Å²) in [6.45, 7) is 6.22. The SMILES string of the molecule is CC1=CCC[C@@]2(C)[C@@H](CC[C@@]2(O)CN2CCC(O)(c3ccc(Cl)cc3)CC2)c2ccc(cc2C(=O)c2ccco2)C[C@@H](O)CC1. The van der Waals surface area contributed by atoms with Crippen molar-refractivity contribution in [2.24, 2.45) is 5.41 Å². The summed E-state index contributed by atoms with van der Waals surface area (Å²) >= 11 is 6.10. The van der Waals surface area contributed by atoms with Gasteiger partial charge in [-0.05, 0) is 118 Å². The van der Waals surface area contributed by atoms with Crippen LogP contribution < -0.4 is 0 Å². The molecule has 1 saturated heterocycles. The molecule has 0 amide bonds. The van der Waals surface area contributed by atoms with Gasteiger partial charge in [0.15, 0.2) is 5.76 Å². The number of fused-ring (bicyclic) bond motifs is 8. The summed E-state index contributed by atoms with van der Waals surface area (Å²) in [4.78, 5) is 16.2. The lowest BCUT2D eigenvalue weighted by Crippen LogP contribution is -2.55. The molecular weight excluding hydrogens is 586 g/mol. The summed E-state index contributed by atoms with van der Waals surface area (Å²) in [6, 6.07) is 17.0. The van der Waals surface area contributed by atoms with Crippen LogP contribution in [0.1, 0.15) is 104 Å². The minimum atomic E-state index is -0.980. The third kappa shape index (κ3) is 6.45. The van der Waals surface area contributed by atoms with Crippen LogP contribution in [0.5, 0.6) is 0 Å². The quantitative estimate of drug-likeness (QED) is 0.204. The van der Waals surface area contributed by atoms with Crippen molar-refractivity contribution in [2.45, 2.75) is 94.9 Å². The molecule has 0 spiro atoms. The van der Waals surface area contributed by atoms with E-state index in [1.54, 1.807) is 12.1 Å². The van der Waals surface area contributed by atoms with Crippen LogP contribution in [0.3, 0.4) is 0 Å². The van der Waals surface area contributed by atoms with Gasteiger partial charge in [-0.15, -0.1) is 0 Å². The Balaban J connectivity index is 1.32. The number of nitrogens with zero attached hydrogens (tertiary/aromatic N) is 1. The maximum absolute atomic E-state index is 13.9. The molecule has 45 heavy (non-hydrogen) atoms. The van der Waals surface area contributed by atoms with Gasteiger partial charge < -0.3 is 24.6 Å². The molecular formula is C38H46ClNO5. The number of likely N-dealkylation sites (tertiary alicyclic amines) is 1. The fourth-order valence-electron chi connectivity index (χ4n) is 8.24. The van der Waals surface area contributed by atoms with E-state index >= 15 is 0 Å². The number of aliphatic hydroxyl groups is 3. The van der Waals surface area contributed by atoms with Crippen LogP contribution in [0.15, 0.2) is 76.9 Å². The smallest absolute Gasteiger partial charge is 0.228 e. The molecule has 2 bridgehead atoms. The summed E-state index contributed by atoms with van der Waals surface area (Å²) in [5, 5.41) is 35.6. The molecule has 3 N–H and O–H groups in total. The van der Waals surface area contributed by atoms with E-state index in [0.717, 1.165) is 42.4 Å². The number of β-amino-alcohol motifs (C(OH)–C–C–N with tert-alkyl or cyclic N) is 1. The average molecular weight is 632 g/mol. The molecule has 7 heteroatoms. The van der Waals surface area contributed by atoms with E-state index in [0.29, 0.717) is 68.1 Å². The van der Waals surface area contributed by atoms with Gasteiger partial charge in [-0.2, -0.15) is 0 Å². The molecule has 2 heterocycles. The van der Waals surface area contributed by atoms with Gasteiger partial charge in [-0.3, -0.25) is 4.79 Å². The lowest BCUT2D eigenvalue weighted by atomic mass is 9.64. The Hall–Kier alpha value is -2.74. The predicted molar refractivity (Wildman–Crippen MR) is 177 cm³/mol. The van der Waals surface area contributed by atoms with Gasteiger partial charge in [0.1, 0.15) is 0 Å². The molecule has 3 aromatic rings. The van der Waals surface area contributed by atoms with E-state index in [4.69, 9.17) is 16.0 Å². The van der Waals surface area contributed by atoms with Crippen LogP contribution in [-0.2, 0) is 12.0 Å². The van der Waals surface area contributed by atoms with Gasteiger partial charge in [0.2, 0.25) is 5.78 Å². The number of carbonyl (C=O) groups excluding carboxylic acids is 1. The Morgan fingerprint density at radius 2 is 1.78 bits per heavy atom. The van der Waals surface area contributed by atoms with Gasteiger partial charge in [0.25, 0.3) is 0 Å². The first-order chi connectivity index (χ1) is 21.5. The molecule has 3 aliphatic carbocycles. The maximum atomic E-state index is 13.9. The van der Waals surface area contributed by atoms with Gasteiger partial charge in [0, 0.05) is 35.6 Å². The highest BCUT2D eigenvalue weighted by molar-refractivity contribution is 6.30. The van der Waals surface area contributed by atoms with Crippen LogP contribution in [0.4, 0.5) is 0 Å². The number of benzene rings is 2. The first-order valence-electron chi connectivity index (χ1n) is 16.5. The predicted octanol–water partition coefficient (Wildman–Crippen LogP) is 7.19. The third-order valence-corrected chi connectivity index (χ3v) is 11.5. The van der Waals surface area contributed by atoms with Crippen molar-refractivity contribution in [1.82, 2.24) is 4.90 Å². The summed E-state index contributed by atoms with van der Waals surface area (Å²) in [6.07, 6.45) is 9.40. The second kappa shape index (κ2) is 12.8. The first-order valence-corrected chi connectivity index (χ1v) is 16.9. The lowest BCUT2D eigenvalue weighted by molar-refractivity contribution is -0.101. The second-order valence-corrected chi connectivity index (χ2v) is 14.5. The monoisotopic (exact) mass is 631 g/mol. The zero-order valence-corrected chi connectivity index (χ0v) is 27.2. The van der Waals surface area contributed by atoms with Crippen molar-refractivity contribution in [3.05, 3.63) is 106 Å². The van der Waals surface area contributed by atoms with Gasteiger partial charge >= 0.3 is 0 Å². The summed E-state index contributed by atoms with van der Waals surface area (Å²) in [5.41, 5.74) is 2.23. The van der Waals surface area contributed by atoms with Crippen molar-refractivity contribution in [1.29, 1.82) is 0 Å². The summed E-state index contributed by atoms with van der Waals surface area (Å²) < 4.78 is 5.55. The zero-order chi connectivity index (χ0) is 31.8. The number of halogens is 1. The minimum Gasteiger partial charge on any atom is -0.461 e. The number of piperidine rings is 1. The lowest BCUT2D eigenvalue weighted by Gasteiger charge is -2.48. The van der Waals surface area contributed by atoms with Crippen molar-refractivity contribution in [3.8, 4) is 0 Å². The number of aliphatic hydroxyl groups excluding tert-OH is 1. The average Bonchev–Trinajstić information content (AvgIpc) is 3.64. The van der Waals surface area contributed by atoms with Gasteiger partial charge in [-0.1, -0.05) is 54.4 Å². The molecule has 4 atom stereocenters. The highest BCUT2D eigenvalue weighted by atomic mass is 35.5. The standard InChI is InChI=1S/C38H46ClNO5/c1-26-5-3-16-36(2)33(31-14-8-27(23-30(41)13-7-26)24-32(31)35(42)34-6-4-22-45-34)15-17-38(36,44)25-40-20-18-37(43,19-21-40)28-9-11-29(39)12-10-28/h4-6,8-12,14,22,24,30,33,41,43-44H,3,7,13,15-21,23,25H2,1-2H3/t30-,33-,36-,38+/m0/s1. The number of allylic oxidation sites excluding steroid dienone is 2. The number of ketones is 1. The van der Waals surface area contributed by atoms with Crippen molar-refractivity contribution >= 4 is 17.4 Å². The van der Waals surface area contributed by atoms with Crippen LogP contribution in [0.2, 0.25) is 5.02 Å². The van der Waals surface area contributed by atoms with E-state index in [1.165, 1.54) is 11.8 Å². The molecule has 1 aromatic heterocycles. The highest BCUT2D eigenvalue weighted by Gasteiger charge is 2.57. The number of rotatable bonds is 5. The van der Waals surface area contributed by atoms with Crippen molar-refractivity contribution < 1.29 is 24.5 Å². The zero-order valence-electron chi connectivity index (χ0n) is 26.5. The maximum Gasteiger partial charge on any atom is 0.228 e. The van der Waals surface area contributed by atoms with E-state index < -0.39 is 22.7 Å². The van der Waals surface area contributed by atoms with E-state index in [-0.39, 0.29) is 11.7 Å². The molecule has 2 aromatic carbocycles. The number of furan rings is 1. The highest BCUT2D eigenvalue weighted by Crippen LogP contribution is 2.59. The largest absolute Gasteiger partial charge is 0.461 e. The van der Waals surface area contributed by atoms with Crippen LogP contribution in [0.25, 0.3) is 0 Å². The third-order valence-electron chi connectivity index (χ3n) is 11.2. The van der Waals surface area contributed by atoms with Gasteiger partial charge in [0.05, 0.1) is 23.6 Å². The molecule has 2 fully saturated rings. The molecule has 4 aliphatic rings. The molecule has 6 nitrogen and oxygen atoms in total. The Labute approximate surface area is 271 Å². The number of hydrogen-bond acceptors (Lipinski definition) is 6. The molecule has 0 unspecified atom stereocenters. The first kappa shape index (κ1) is 32.2. The normalized spacial score (nSPS) is 29.2. The molecule has 240 valence electrons. The Bertz CT molecular complexity index is 1520. The van der Waals surface area contributed by atoms with Crippen molar-refractivity contribution in [2.75, 3.05) is 19.6 Å². The molecule has 1 saturated carbocycles. The minimum absolute atomic E-state index is 0.0391. The topological polar surface area (TPSA) is 94.1 Å². The fraction of sp³-hybridized carbons (Fsp3) is 0.500. The summed E-state index contributed by atoms with van der Waals surface area (Å²) in [5.74, 6) is 0.0948. The van der Waals surface area contributed by atoms with Crippen LogP contribution in [0, 0.1) is 5.41 Å². The summed E-state index contributed by atoms with van der Waals surface area (Å²) in [7, 11) is 0. The molecule has 1 aliphatic heterocycles. The Kier molecular flexibility index (Phi) is 9.17. The fourth-order valence-corrected chi connectivity index (χ4v) is 8.36. The second-order valence-electron chi connectivity index (χ2n) is 14.1. The van der Waals surface area contributed by atoms with E-state index in [9.17, 15) is 20.1 Å². The van der Waals surface area contributed by atoms with Crippen LogP contribution >= 0.6 is 11.6 Å². The van der Waals surface area contributed by atoms with Crippen LogP contribution in [-0.4, -0.2) is 57.3 Å². The Morgan fingerprint density at radius 1 is 1.02 bits per heavy atom. The molecule has 7 rings (SSSR count). The number of hydrogen-bond donors (Lipinski definition) is 3. The molecule has 0 radical (unpaired) electrons. The Morgan fingerprint density at radius 3 is 2.49 bits per heavy atom. The number of carbonyl (C=O) groups is 1. The van der Waals surface area contributed by atoms with Gasteiger partial charge in [-0.25, -0.2) is 0 Å². The van der Waals surface area contributed by atoms with E-state index in [1.807, 2.05) is 36.4 Å². The van der Waals surface area contributed by atoms with E-state index in [2.05, 4.69) is 30.9 Å².